The largest absolute Gasteiger partial charge is 0.356 e. The summed E-state index contributed by atoms with van der Waals surface area (Å²) in [7, 11) is -3.90. The molecule has 0 fully saturated rings. The van der Waals surface area contributed by atoms with E-state index in [1.54, 1.807) is 18.2 Å². The van der Waals surface area contributed by atoms with Crippen molar-refractivity contribution in [1.82, 2.24) is 15.2 Å². The van der Waals surface area contributed by atoms with Gasteiger partial charge in [0, 0.05) is 24.6 Å². The maximum atomic E-state index is 12.1. The first-order valence-corrected chi connectivity index (χ1v) is 9.81. The molecule has 2 amide bonds. The van der Waals surface area contributed by atoms with Gasteiger partial charge in [0.25, 0.3) is 10.0 Å². The van der Waals surface area contributed by atoms with Crippen molar-refractivity contribution in [3.63, 3.8) is 0 Å². The minimum atomic E-state index is -3.90. The zero-order chi connectivity index (χ0) is 19.3. The number of urea groups is 1. The van der Waals surface area contributed by atoms with Crippen LogP contribution in [0.5, 0.6) is 0 Å². The number of amides is 2. The van der Waals surface area contributed by atoms with Crippen molar-refractivity contribution in [2.24, 2.45) is 0 Å². The lowest BCUT2D eigenvalue weighted by molar-refractivity contribution is 0.246. The first-order valence-electron chi connectivity index (χ1n) is 8.32. The summed E-state index contributed by atoms with van der Waals surface area (Å²) in [5.41, 5.74) is 2.50. The summed E-state index contributed by atoms with van der Waals surface area (Å²) in [6, 6.07) is 16.8. The molecule has 3 rings (SSSR count). The zero-order valence-corrected chi connectivity index (χ0v) is 15.5. The summed E-state index contributed by atoms with van der Waals surface area (Å²) in [5, 5.41) is 6.46. The van der Waals surface area contributed by atoms with Gasteiger partial charge in [0.15, 0.2) is 5.76 Å². The van der Waals surface area contributed by atoms with E-state index in [0.717, 1.165) is 11.1 Å². The Kier molecular flexibility index (Phi) is 5.56. The number of hydrogen-bond acceptors (Lipinski definition) is 5. The minimum Gasteiger partial charge on any atom is -0.356 e. The average molecular weight is 385 g/mol. The lowest BCUT2D eigenvalue weighted by Crippen LogP contribution is -2.40. The fourth-order valence-corrected chi connectivity index (χ4v) is 3.34. The molecule has 8 heteroatoms. The molecular weight excluding hydrogens is 366 g/mol. The van der Waals surface area contributed by atoms with Crippen LogP contribution in [-0.4, -0.2) is 26.2 Å². The standard InChI is InChI=1S/C19H19N3O4S/c1-14-7-9-17(10-8-14)27(24,25)22-19(23)20-12-11-16-13-18(26-21-16)15-5-3-2-4-6-15/h2-10,13H,11-12H2,1H3,(H2,20,22,23). The molecule has 0 aliphatic heterocycles. The molecule has 0 aliphatic carbocycles. The van der Waals surface area contributed by atoms with Crippen LogP contribution < -0.4 is 10.0 Å². The van der Waals surface area contributed by atoms with E-state index < -0.39 is 16.1 Å². The monoisotopic (exact) mass is 385 g/mol. The third-order valence-electron chi connectivity index (χ3n) is 3.84. The van der Waals surface area contributed by atoms with Crippen LogP contribution in [0.15, 0.2) is 70.1 Å². The van der Waals surface area contributed by atoms with Gasteiger partial charge >= 0.3 is 6.03 Å². The Bertz CT molecular complexity index is 1010. The number of nitrogens with one attached hydrogen (secondary N) is 2. The molecule has 0 atom stereocenters. The molecule has 0 radical (unpaired) electrons. The van der Waals surface area contributed by atoms with Crippen molar-refractivity contribution in [2.75, 3.05) is 6.54 Å². The number of aryl methyl sites for hydroxylation is 1. The van der Waals surface area contributed by atoms with Crippen molar-refractivity contribution < 1.29 is 17.7 Å². The van der Waals surface area contributed by atoms with Crippen LogP contribution in [0.2, 0.25) is 0 Å². The van der Waals surface area contributed by atoms with E-state index in [9.17, 15) is 13.2 Å². The molecule has 3 aromatic rings. The molecule has 140 valence electrons. The third-order valence-corrected chi connectivity index (χ3v) is 5.19. The summed E-state index contributed by atoms with van der Waals surface area (Å²) in [6.45, 7) is 2.07. The molecule has 0 saturated heterocycles. The summed E-state index contributed by atoms with van der Waals surface area (Å²) >= 11 is 0. The molecule has 2 N–H and O–H groups in total. The minimum absolute atomic E-state index is 0.0345. The molecular formula is C19H19N3O4S. The topological polar surface area (TPSA) is 101 Å². The average Bonchev–Trinajstić information content (AvgIpc) is 3.11. The van der Waals surface area contributed by atoms with Gasteiger partial charge in [-0.1, -0.05) is 53.2 Å². The van der Waals surface area contributed by atoms with Crippen LogP contribution in [0.1, 0.15) is 11.3 Å². The Hall–Kier alpha value is -3.13. The molecule has 7 nitrogen and oxygen atoms in total. The summed E-state index contributed by atoms with van der Waals surface area (Å²) in [5.74, 6) is 0.636. The van der Waals surface area contributed by atoms with Crippen LogP contribution in [0.4, 0.5) is 4.79 Å². The van der Waals surface area contributed by atoms with Gasteiger partial charge in [0.2, 0.25) is 0 Å². The number of hydrogen-bond donors (Lipinski definition) is 2. The second-order valence-electron chi connectivity index (χ2n) is 5.97. The normalized spacial score (nSPS) is 11.1. The highest BCUT2D eigenvalue weighted by molar-refractivity contribution is 7.90. The van der Waals surface area contributed by atoms with E-state index in [4.69, 9.17) is 4.52 Å². The number of carbonyl (C=O) groups is 1. The highest BCUT2D eigenvalue weighted by atomic mass is 32.2. The lowest BCUT2D eigenvalue weighted by atomic mass is 10.1. The number of aromatic nitrogens is 1. The summed E-state index contributed by atoms with van der Waals surface area (Å²) in [4.78, 5) is 11.9. The maximum Gasteiger partial charge on any atom is 0.328 e. The van der Waals surface area contributed by atoms with Crippen LogP contribution in [0, 0.1) is 6.92 Å². The molecule has 0 saturated carbocycles. The predicted octanol–water partition coefficient (Wildman–Crippen LogP) is 2.88. The molecule has 0 unspecified atom stereocenters. The van der Waals surface area contributed by atoms with Gasteiger partial charge in [-0.3, -0.25) is 0 Å². The van der Waals surface area contributed by atoms with Gasteiger partial charge in [-0.05, 0) is 19.1 Å². The fraction of sp³-hybridized carbons (Fsp3) is 0.158. The Balaban J connectivity index is 1.51. The molecule has 1 heterocycles. The molecule has 0 spiro atoms. The van der Waals surface area contributed by atoms with Crippen molar-refractivity contribution in [1.29, 1.82) is 0 Å². The smallest absolute Gasteiger partial charge is 0.328 e. The van der Waals surface area contributed by atoms with Crippen molar-refractivity contribution in [3.8, 4) is 11.3 Å². The fourth-order valence-electron chi connectivity index (χ4n) is 2.41. The lowest BCUT2D eigenvalue weighted by Gasteiger charge is -2.08. The van der Waals surface area contributed by atoms with E-state index in [1.165, 1.54) is 12.1 Å². The SMILES string of the molecule is Cc1ccc(S(=O)(=O)NC(=O)NCCc2cc(-c3ccccc3)on2)cc1. The quantitative estimate of drug-likeness (QED) is 0.679. The molecule has 0 bridgehead atoms. The van der Waals surface area contributed by atoms with Crippen molar-refractivity contribution in [3.05, 3.63) is 71.9 Å². The second kappa shape index (κ2) is 8.05. The Morgan fingerprint density at radius 1 is 1.07 bits per heavy atom. The van der Waals surface area contributed by atoms with Gasteiger partial charge in [-0.15, -0.1) is 0 Å². The van der Waals surface area contributed by atoms with Gasteiger partial charge in [0.05, 0.1) is 10.6 Å². The molecule has 0 aliphatic rings. The molecule has 27 heavy (non-hydrogen) atoms. The summed E-state index contributed by atoms with van der Waals surface area (Å²) < 4.78 is 31.6. The van der Waals surface area contributed by atoms with E-state index in [1.807, 2.05) is 42.0 Å². The Morgan fingerprint density at radius 2 is 1.78 bits per heavy atom. The third kappa shape index (κ3) is 4.95. The van der Waals surface area contributed by atoms with Crippen LogP contribution in [-0.2, 0) is 16.4 Å². The number of nitrogens with zero attached hydrogens (tertiary/aromatic N) is 1. The molecule has 2 aromatic carbocycles. The van der Waals surface area contributed by atoms with E-state index in [0.29, 0.717) is 17.9 Å². The number of carbonyl (C=O) groups excluding carboxylic acids is 1. The number of rotatable bonds is 6. The zero-order valence-electron chi connectivity index (χ0n) is 14.7. The first-order chi connectivity index (χ1) is 12.9. The highest BCUT2D eigenvalue weighted by Gasteiger charge is 2.17. The van der Waals surface area contributed by atoms with Crippen molar-refractivity contribution >= 4 is 16.1 Å². The second-order valence-corrected chi connectivity index (χ2v) is 7.66. The van der Waals surface area contributed by atoms with Gasteiger partial charge in [0.1, 0.15) is 0 Å². The van der Waals surface area contributed by atoms with E-state index in [-0.39, 0.29) is 11.4 Å². The van der Waals surface area contributed by atoms with Gasteiger partial charge < -0.3 is 9.84 Å². The number of sulfonamides is 1. The van der Waals surface area contributed by atoms with Crippen LogP contribution in [0.3, 0.4) is 0 Å². The Morgan fingerprint density at radius 3 is 2.48 bits per heavy atom. The van der Waals surface area contributed by atoms with Crippen molar-refractivity contribution in [2.45, 2.75) is 18.2 Å². The van der Waals surface area contributed by atoms with E-state index >= 15 is 0 Å². The summed E-state index contributed by atoms with van der Waals surface area (Å²) in [6.07, 6.45) is 0.411. The highest BCUT2D eigenvalue weighted by Crippen LogP contribution is 2.19. The van der Waals surface area contributed by atoms with E-state index in [2.05, 4.69) is 10.5 Å². The van der Waals surface area contributed by atoms with Crippen LogP contribution >= 0.6 is 0 Å². The maximum absolute atomic E-state index is 12.1. The first kappa shape index (κ1) is 18.7. The van der Waals surface area contributed by atoms with Gasteiger partial charge in [-0.25, -0.2) is 17.9 Å². The predicted molar refractivity (Wildman–Crippen MR) is 101 cm³/mol. The Labute approximate surface area is 157 Å². The molecule has 1 aromatic heterocycles. The number of benzene rings is 2. The van der Waals surface area contributed by atoms with Crippen LogP contribution in [0.25, 0.3) is 11.3 Å². The van der Waals surface area contributed by atoms with Gasteiger partial charge in [-0.2, -0.15) is 0 Å².